The van der Waals surface area contributed by atoms with Crippen LogP contribution in [-0.2, 0) is 19.0 Å². The first-order chi connectivity index (χ1) is 10.9. The van der Waals surface area contributed by atoms with Crippen LogP contribution in [-0.4, -0.2) is 48.8 Å². The average Bonchev–Trinajstić information content (AvgIpc) is 2.50. The number of aliphatic hydroxyl groups excluding tert-OH is 1. The summed E-state index contributed by atoms with van der Waals surface area (Å²) < 4.78 is 20.8. The number of hydrogen-bond acceptors (Lipinski definition) is 7. The predicted molar refractivity (Wildman–Crippen MR) is 78.9 cm³/mol. The number of rotatable bonds is 4. The molecular formula is C16H20O7. The maximum atomic E-state index is 12.2. The Labute approximate surface area is 134 Å². The summed E-state index contributed by atoms with van der Waals surface area (Å²) in [6, 6.07) is 6.42. The number of benzene rings is 1. The van der Waals surface area contributed by atoms with E-state index in [-0.39, 0.29) is 6.42 Å². The fraction of sp³-hybridized carbons (Fsp3) is 0.500. The molecule has 0 aliphatic carbocycles. The second-order valence-electron chi connectivity index (χ2n) is 5.28. The lowest BCUT2D eigenvalue weighted by Crippen LogP contribution is -2.50. The van der Waals surface area contributed by atoms with Gasteiger partial charge in [0.05, 0.1) is 18.8 Å². The average molecular weight is 324 g/mol. The van der Waals surface area contributed by atoms with E-state index in [1.807, 2.05) is 0 Å². The molecule has 0 aromatic heterocycles. The Bertz CT molecular complexity index is 554. The van der Waals surface area contributed by atoms with Crippen LogP contribution in [0, 0.1) is 0 Å². The Morgan fingerprint density at radius 1 is 1.22 bits per heavy atom. The zero-order chi connectivity index (χ0) is 17.0. The zero-order valence-electron chi connectivity index (χ0n) is 13.2. The molecule has 2 rings (SSSR count). The highest BCUT2D eigenvalue weighted by atomic mass is 16.7. The van der Waals surface area contributed by atoms with Crippen molar-refractivity contribution in [2.45, 2.75) is 44.9 Å². The molecule has 23 heavy (non-hydrogen) atoms. The first kappa shape index (κ1) is 17.2. The molecule has 0 saturated carbocycles. The fourth-order valence-electron chi connectivity index (χ4n) is 2.43. The van der Waals surface area contributed by atoms with Crippen LogP contribution >= 0.6 is 0 Å². The topological polar surface area (TPSA) is 91.3 Å². The number of carbonyl (C=O) groups excluding carboxylic acids is 2. The fourth-order valence-corrected chi connectivity index (χ4v) is 2.43. The highest BCUT2D eigenvalue weighted by Crippen LogP contribution is 2.25. The molecule has 1 fully saturated rings. The molecule has 4 atom stereocenters. The molecule has 1 heterocycles. The molecule has 0 radical (unpaired) electrons. The number of hydrogen-bond donors (Lipinski definition) is 1. The van der Waals surface area contributed by atoms with Gasteiger partial charge in [-0.05, 0) is 31.2 Å². The second kappa shape index (κ2) is 7.43. The molecule has 0 bridgehead atoms. The van der Waals surface area contributed by atoms with Crippen molar-refractivity contribution >= 4 is 11.9 Å². The summed E-state index contributed by atoms with van der Waals surface area (Å²) >= 11 is 0. The Balaban J connectivity index is 2.09. The summed E-state index contributed by atoms with van der Waals surface area (Å²) in [6.07, 6.45) is -3.18. The third kappa shape index (κ3) is 4.43. The highest BCUT2D eigenvalue weighted by Gasteiger charge is 2.40. The van der Waals surface area contributed by atoms with Crippen molar-refractivity contribution in [3.05, 3.63) is 29.8 Å². The van der Waals surface area contributed by atoms with Gasteiger partial charge in [-0.2, -0.15) is 0 Å². The summed E-state index contributed by atoms with van der Waals surface area (Å²) in [7, 11) is 1.53. The largest absolute Gasteiger partial charge is 0.497 e. The molecule has 1 unspecified atom stereocenters. The van der Waals surface area contributed by atoms with E-state index in [1.165, 1.54) is 14.0 Å². The van der Waals surface area contributed by atoms with Gasteiger partial charge in [-0.15, -0.1) is 0 Å². The van der Waals surface area contributed by atoms with Crippen molar-refractivity contribution in [2.75, 3.05) is 7.11 Å². The van der Waals surface area contributed by atoms with Crippen molar-refractivity contribution in [3.8, 4) is 5.75 Å². The van der Waals surface area contributed by atoms with Gasteiger partial charge in [-0.3, -0.25) is 4.79 Å². The van der Waals surface area contributed by atoms with E-state index >= 15 is 0 Å². The first-order valence-electron chi connectivity index (χ1n) is 7.26. The number of carbonyl (C=O) groups is 2. The van der Waals surface area contributed by atoms with E-state index < -0.39 is 36.5 Å². The molecule has 1 N–H and O–H groups in total. The molecule has 0 spiro atoms. The number of ether oxygens (including phenoxy) is 4. The van der Waals surface area contributed by atoms with Gasteiger partial charge in [-0.1, -0.05) is 0 Å². The molecule has 1 aromatic carbocycles. The van der Waals surface area contributed by atoms with Gasteiger partial charge >= 0.3 is 11.9 Å². The first-order valence-corrected chi connectivity index (χ1v) is 7.26. The van der Waals surface area contributed by atoms with Crippen LogP contribution in [0.4, 0.5) is 0 Å². The quantitative estimate of drug-likeness (QED) is 0.834. The van der Waals surface area contributed by atoms with Crippen LogP contribution in [0.15, 0.2) is 24.3 Å². The van der Waals surface area contributed by atoms with Gasteiger partial charge in [-0.25, -0.2) is 4.79 Å². The standard InChI is InChI=1S/C16H20O7/c1-9-15(22-10(2)17)13(8-14(18)21-9)23-16(19)11-4-6-12(20-3)7-5-11/h4-7,9,13-15,18H,8H2,1-3H3/t9-,13+,14?,15-/m1/s1. The molecule has 7 nitrogen and oxygen atoms in total. The van der Waals surface area contributed by atoms with Crippen LogP contribution in [0.1, 0.15) is 30.6 Å². The Hall–Kier alpha value is -2.12. The van der Waals surface area contributed by atoms with Crippen LogP contribution in [0.25, 0.3) is 0 Å². The molecule has 1 saturated heterocycles. The van der Waals surface area contributed by atoms with E-state index in [0.717, 1.165) is 0 Å². The summed E-state index contributed by atoms with van der Waals surface area (Å²) in [6.45, 7) is 2.91. The Morgan fingerprint density at radius 2 is 1.87 bits per heavy atom. The number of esters is 2. The van der Waals surface area contributed by atoms with Gasteiger partial charge in [0.1, 0.15) is 11.9 Å². The zero-order valence-corrected chi connectivity index (χ0v) is 13.2. The van der Waals surface area contributed by atoms with E-state index in [4.69, 9.17) is 18.9 Å². The lowest BCUT2D eigenvalue weighted by atomic mass is 10.0. The summed E-state index contributed by atoms with van der Waals surface area (Å²) in [5.74, 6) is -0.460. The third-order valence-electron chi connectivity index (χ3n) is 3.52. The smallest absolute Gasteiger partial charge is 0.338 e. The van der Waals surface area contributed by atoms with Crippen LogP contribution in [0.2, 0.25) is 0 Å². The number of methoxy groups -OCH3 is 1. The minimum atomic E-state index is -1.08. The van der Waals surface area contributed by atoms with E-state index in [2.05, 4.69) is 0 Å². The normalized spacial score (nSPS) is 27.1. The van der Waals surface area contributed by atoms with Crippen LogP contribution in [0.3, 0.4) is 0 Å². The van der Waals surface area contributed by atoms with Crippen molar-refractivity contribution in [1.29, 1.82) is 0 Å². The van der Waals surface area contributed by atoms with Crippen molar-refractivity contribution in [3.63, 3.8) is 0 Å². The molecule has 0 amide bonds. The van der Waals surface area contributed by atoms with E-state index in [1.54, 1.807) is 31.2 Å². The van der Waals surface area contributed by atoms with Gasteiger partial charge < -0.3 is 24.1 Å². The van der Waals surface area contributed by atoms with E-state index in [0.29, 0.717) is 11.3 Å². The van der Waals surface area contributed by atoms with Gasteiger partial charge in [0.15, 0.2) is 12.4 Å². The van der Waals surface area contributed by atoms with Crippen LogP contribution < -0.4 is 4.74 Å². The van der Waals surface area contributed by atoms with Crippen molar-refractivity contribution in [2.24, 2.45) is 0 Å². The number of aliphatic hydroxyl groups is 1. The SMILES string of the molecule is COc1ccc(C(=O)O[C@H]2CC(O)O[C@H](C)[C@H]2OC(C)=O)cc1. The lowest BCUT2D eigenvalue weighted by molar-refractivity contribution is -0.235. The second-order valence-corrected chi connectivity index (χ2v) is 5.28. The minimum Gasteiger partial charge on any atom is -0.497 e. The minimum absolute atomic E-state index is 0.0319. The summed E-state index contributed by atoms with van der Waals surface area (Å²) in [5.41, 5.74) is 0.334. The highest BCUT2D eigenvalue weighted by molar-refractivity contribution is 5.89. The summed E-state index contributed by atoms with van der Waals surface area (Å²) in [4.78, 5) is 23.4. The maximum absolute atomic E-state index is 12.2. The molecule has 1 aliphatic heterocycles. The Morgan fingerprint density at radius 3 is 2.43 bits per heavy atom. The maximum Gasteiger partial charge on any atom is 0.338 e. The van der Waals surface area contributed by atoms with Gasteiger partial charge in [0, 0.05) is 13.3 Å². The molecule has 7 heteroatoms. The molecular weight excluding hydrogens is 304 g/mol. The molecule has 1 aliphatic rings. The van der Waals surface area contributed by atoms with Crippen molar-refractivity contribution < 1.29 is 33.6 Å². The third-order valence-corrected chi connectivity index (χ3v) is 3.52. The van der Waals surface area contributed by atoms with Crippen LogP contribution in [0.5, 0.6) is 5.75 Å². The molecule has 1 aromatic rings. The monoisotopic (exact) mass is 324 g/mol. The van der Waals surface area contributed by atoms with Gasteiger partial charge in [0.2, 0.25) is 0 Å². The van der Waals surface area contributed by atoms with Crippen molar-refractivity contribution in [1.82, 2.24) is 0 Å². The Kier molecular flexibility index (Phi) is 5.57. The predicted octanol–water partition coefficient (Wildman–Crippen LogP) is 1.28. The lowest BCUT2D eigenvalue weighted by Gasteiger charge is -2.37. The van der Waals surface area contributed by atoms with Gasteiger partial charge in [0.25, 0.3) is 0 Å². The molecule has 126 valence electrons. The summed E-state index contributed by atoms with van der Waals surface area (Å²) in [5, 5.41) is 9.68. The van der Waals surface area contributed by atoms with E-state index in [9.17, 15) is 14.7 Å².